The third kappa shape index (κ3) is 20.5. The minimum Gasteiger partial charge on any atom is -0.240 e. The molecule has 0 radical (unpaired) electrons. The topological polar surface area (TPSA) is 3.01 Å². The molecule has 0 aliphatic carbocycles. The van der Waals surface area contributed by atoms with Crippen molar-refractivity contribution in [3.63, 3.8) is 0 Å². The van der Waals surface area contributed by atoms with Gasteiger partial charge in [-0.3, -0.25) is 0 Å². The van der Waals surface area contributed by atoms with E-state index in [1.54, 1.807) is 0 Å². The van der Waals surface area contributed by atoms with E-state index in [2.05, 4.69) is 69.7 Å². The van der Waals surface area contributed by atoms with Gasteiger partial charge in [0.25, 0.3) is 0 Å². The molecular formula is C21H50NSi3+. The molecule has 0 aliphatic rings. The first kappa shape index (κ1) is 25.3. The Morgan fingerprint density at radius 1 is 0.520 bits per heavy atom. The van der Waals surface area contributed by atoms with E-state index in [0.717, 1.165) is 0 Å². The highest BCUT2D eigenvalue weighted by molar-refractivity contribution is 6.76. The van der Waals surface area contributed by atoms with Crippen LogP contribution in [0.2, 0.25) is 77.1 Å². The maximum Gasteiger partial charge on any atom is 0.142 e. The van der Waals surface area contributed by atoms with Gasteiger partial charge in [0.2, 0.25) is 0 Å². The molecular weight excluding hydrogens is 350 g/mol. The largest absolute Gasteiger partial charge is 0.240 e. The second-order valence-electron chi connectivity index (χ2n) is 11.7. The summed E-state index contributed by atoms with van der Waals surface area (Å²) in [5.41, 5.74) is 0. The molecule has 0 unspecified atom stereocenters. The van der Waals surface area contributed by atoms with Crippen LogP contribution in [0.5, 0.6) is 0 Å². The van der Waals surface area contributed by atoms with Crippen molar-refractivity contribution in [2.45, 2.75) is 116 Å². The van der Waals surface area contributed by atoms with Crippen molar-refractivity contribution in [3.8, 4) is 0 Å². The first-order chi connectivity index (χ1) is 11.3. The van der Waals surface area contributed by atoms with Gasteiger partial charge in [0.15, 0.2) is 0 Å². The molecule has 0 spiro atoms. The van der Waals surface area contributed by atoms with Gasteiger partial charge in [-0.2, -0.15) is 0 Å². The zero-order valence-corrected chi connectivity index (χ0v) is 22.3. The van der Waals surface area contributed by atoms with Crippen molar-refractivity contribution in [2.75, 3.05) is 13.1 Å². The van der Waals surface area contributed by atoms with Crippen molar-refractivity contribution in [3.05, 3.63) is 0 Å². The molecule has 1 nitrogen and oxygen atoms in total. The summed E-state index contributed by atoms with van der Waals surface area (Å²) in [7, 11) is -2.57. The number of nitrogens with zero attached hydrogens (tertiary/aromatic N) is 1. The minimum atomic E-state index is -0.863. The SMILES string of the molecule is C[Si](C)(C)CCCC=[N+](CCCC[Si](C)(C)C)CCCC[Si](C)(C)C. The Kier molecular flexibility index (Phi) is 12.1. The van der Waals surface area contributed by atoms with Gasteiger partial charge < -0.3 is 0 Å². The summed E-state index contributed by atoms with van der Waals surface area (Å²) in [5, 5.41) is 0. The number of hydrogen-bond donors (Lipinski definition) is 0. The quantitative estimate of drug-likeness (QED) is 0.123. The second-order valence-corrected chi connectivity index (χ2v) is 28.6. The summed E-state index contributed by atoms with van der Waals surface area (Å²) in [6.07, 6.45) is 10.9. The van der Waals surface area contributed by atoms with E-state index in [4.69, 9.17) is 0 Å². The lowest BCUT2D eigenvalue weighted by atomic mass is 10.2. The monoisotopic (exact) mass is 400 g/mol. The molecule has 0 saturated carbocycles. The molecule has 0 rings (SSSR count). The molecule has 25 heavy (non-hydrogen) atoms. The van der Waals surface area contributed by atoms with Crippen LogP contribution in [0.15, 0.2) is 0 Å². The summed E-state index contributed by atoms with van der Waals surface area (Å²) in [6.45, 7) is 25.1. The van der Waals surface area contributed by atoms with Gasteiger partial charge in [-0.1, -0.05) is 77.1 Å². The van der Waals surface area contributed by atoms with Crippen LogP contribution in [-0.2, 0) is 0 Å². The predicted molar refractivity (Wildman–Crippen MR) is 128 cm³/mol. The summed E-state index contributed by atoms with van der Waals surface area (Å²) in [5.74, 6) is 0. The summed E-state index contributed by atoms with van der Waals surface area (Å²) in [4.78, 5) is 0. The molecule has 0 fully saturated rings. The summed E-state index contributed by atoms with van der Waals surface area (Å²) in [6, 6.07) is 4.46. The van der Waals surface area contributed by atoms with Crippen molar-refractivity contribution in [1.82, 2.24) is 0 Å². The lowest BCUT2D eigenvalue weighted by Gasteiger charge is -2.16. The molecule has 0 heterocycles. The van der Waals surface area contributed by atoms with E-state index in [-0.39, 0.29) is 0 Å². The Morgan fingerprint density at radius 3 is 1.24 bits per heavy atom. The van der Waals surface area contributed by atoms with Crippen molar-refractivity contribution >= 4 is 30.4 Å². The van der Waals surface area contributed by atoms with Crippen molar-refractivity contribution in [1.29, 1.82) is 0 Å². The standard InChI is InChI=1S/C21H50NSi3/c1-23(2,3)19-13-10-16-22(17-11-14-20-24(4,5)6)18-12-15-21-25(7,8)9/h16H,10-15,17-21H2,1-9H3/q+1. The Morgan fingerprint density at radius 2 is 0.880 bits per heavy atom. The fraction of sp³-hybridized carbons (Fsp3) is 0.952. The van der Waals surface area contributed by atoms with Crippen LogP contribution in [0.4, 0.5) is 0 Å². The fourth-order valence-corrected chi connectivity index (χ4v) is 7.03. The molecule has 4 heteroatoms. The van der Waals surface area contributed by atoms with Gasteiger partial charge >= 0.3 is 0 Å². The third-order valence-electron chi connectivity index (χ3n) is 4.76. The maximum atomic E-state index is 2.68. The van der Waals surface area contributed by atoms with E-state index in [1.807, 2.05) is 0 Å². The fourth-order valence-electron chi connectivity index (χ4n) is 3.14. The first-order valence-corrected chi connectivity index (χ1v) is 22.0. The average Bonchev–Trinajstić information content (AvgIpc) is 2.40. The molecule has 0 bridgehead atoms. The van der Waals surface area contributed by atoms with Crippen molar-refractivity contribution in [2.24, 2.45) is 0 Å². The molecule has 0 aliphatic heterocycles. The van der Waals surface area contributed by atoms with Crippen LogP contribution in [0.25, 0.3) is 0 Å². The van der Waals surface area contributed by atoms with Crippen LogP contribution < -0.4 is 0 Å². The Bertz CT molecular complexity index is 346. The third-order valence-corrected chi connectivity index (χ3v) is 10.3. The number of hydrogen-bond acceptors (Lipinski definition) is 0. The molecule has 0 aromatic rings. The number of rotatable bonds is 14. The smallest absolute Gasteiger partial charge is 0.142 e. The van der Waals surface area contributed by atoms with Crippen LogP contribution in [0, 0.1) is 0 Å². The zero-order chi connectivity index (χ0) is 19.6. The van der Waals surface area contributed by atoms with Crippen LogP contribution in [-0.4, -0.2) is 48.1 Å². The normalized spacial score (nSPS) is 13.2. The Hall–Kier alpha value is 0.321. The molecule has 150 valence electrons. The van der Waals surface area contributed by atoms with E-state index >= 15 is 0 Å². The van der Waals surface area contributed by atoms with Gasteiger partial charge in [0.05, 0.1) is 0 Å². The van der Waals surface area contributed by atoms with E-state index < -0.39 is 24.2 Å². The Balaban J connectivity index is 4.29. The predicted octanol–water partition coefficient (Wildman–Crippen LogP) is 7.42. The lowest BCUT2D eigenvalue weighted by molar-refractivity contribution is -0.525. The summed E-state index contributed by atoms with van der Waals surface area (Å²) >= 11 is 0. The molecule has 0 saturated heterocycles. The molecule has 0 aromatic carbocycles. The highest BCUT2D eigenvalue weighted by atomic mass is 28.3. The lowest BCUT2D eigenvalue weighted by Crippen LogP contribution is -2.22. The van der Waals surface area contributed by atoms with E-state index in [1.165, 1.54) is 69.7 Å². The highest BCUT2D eigenvalue weighted by Gasteiger charge is 2.15. The van der Waals surface area contributed by atoms with Gasteiger partial charge in [-0.15, -0.1) is 0 Å². The molecule has 0 aromatic heterocycles. The average molecular weight is 401 g/mol. The van der Waals surface area contributed by atoms with E-state index in [9.17, 15) is 0 Å². The zero-order valence-electron chi connectivity index (χ0n) is 19.3. The van der Waals surface area contributed by atoms with Crippen molar-refractivity contribution < 1.29 is 4.58 Å². The van der Waals surface area contributed by atoms with Crippen LogP contribution in [0.1, 0.15) is 38.5 Å². The van der Waals surface area contributed by atoms with Gasteiger partial charge in [0, 0.05) is 43.5 Å². The first-order valence-electron chi connectivity index (χ1n) is 10.9. The molecule has 0 atom stereocenters. The van der Waals surface area contributed by atoms with Gasteiger partial charge in [-0.25, -0.2) is 4.58 Å². The van der Waals surface area contributed by atoms with E-state index in [0.29, 0.717) is 0 Å². The molecule has 0 N–H and O–H groups in total. The maximum absolute atomic E-state index is 2.68. The minimum absolute atomic E-state index is 0.853. The number of unbranched alkanes of at least 4 members (excludes halogenated alkanes) is 3. The van der Waals surface area contributed by atoms with Crippen LogP contribution >= 0.6 is 0 Å². The van der Waals surface area contributed by atoms with Gasteiger partial charge in [-0.05, 0) is 19.3 Å². The molecule has 0 amide bonds. The summed E-state index contributed by atoms with van der Waals surface area (Å²) < 4.78 is 2.68. The highest BCUT2D eigenvalue weighted by Crippen LogP contribution is 2.15. The van der Waals surface area contributed by atoms with Crippen LogP contribution in [0.3, 0.4) is 0 Å². The van der Waals surface area contributed by atoms with Gasteiger partial charge in [0.1, 0.15) is 19.3 Å². The Labute approximate surface area is 163 Å². The second kappa shape index (κ2) is 11.9.